The van der Waals surface area contributed by atoms with E-state index in [2.05, 4.69) is 10.3 Å². The molecule has 132 valence electrons. The summed E-state index contributed by atoms with van der Waals surface area (Å²) in [5.74, 6) is 0.0359. The van der Waals surface area contributed by atoms with Crippen LogP contribution in [0.2, 0.25) is 0 Å². The van der Waals surface area contributed by atoms with Gasteiger partial charge in [-0.25, -0.2) is 9.37 Å². The Balaban J connectivity index is 1.59. The molecular weight excluding hydrogens is 341 g/mol. The summed E-state index contributed by atoms with van der Waals surface area (Å²) in [5.41, 5.74) is 1.24. The van der Waals surface area contributed by atoms with Gasteiger partial charge in [0.25, 0.3) is 5.91 Å². The zero-order chi connectivity index (χ0) is 17.8. The minimum absolute atomic E-state index is 0.0192. The Bertz CT molecular complexity index is 752. The van der Waals surface area contributed by atoms with E-state index < -0.39 is 0 Å². The Morgan fingerprint density at radius 2 is 1.96 bits per heavy atom. The lowest BCUT2D eigenvalue weighted by molar-refractivity contribution is -0.119. The van der Waals surface area contributed by atoms with Gasteiger partial charge in [0.15, 0.2) is 0 Å². The Labute approximate surface area is 149 Å². The van der Waals surface area contributed by atoms with Crippen LogP contribution in [0.25, 0.3) is 10.6 Å². The summed E-state index contributed by atoms with van der Waals surface area (Å²) in [7, 11) is 0. The van der Waals surface area contributed by atoms with Crippen LogP contribution in [0.4, 0.5) is 4.39 Å². The maximum atomic E-state index is 13.0. The average Bonchev–Trinajstić information content (AvgIpc) is 3.10. The van der Waals surface area contributed by atoms with Crippen LogP contribution in [0.15, 0.2) is 29.6 Å². The van der Waals surface area contributed by atoms with Gasteiger partial charge in [0.2, 0.25) is 5.91 Å². The highest BCUT2D eigenvalue weighted by molar-refractivity contribution is 7.13. The van der Waals surface area contributed by atoms with E-state index in [1.165, 1.54) is 30.4 Å². The molecule has 2 aromatic rings. The maximum absolute atomic E-state index is 13.0. The monoisotopic (exact) mass is 361 g/mol. The number of likely N-dealkylation sites (tertiary alicyclic amines) is 1. The van der Waals surface area contributed by atoms with E-state index in [9.17, 15) is 14.0 Å². The van der Waals surface area contributed by atoms with Gasteiger partial charge >= 0.3 is 0 Å². The molecule has 0 saturated carbocycles. The molecule has 1 aliphatic heterocycles. The first-order valence-corrected chi connectivity index (χ1v) is 9.16. The highest BCUT2D eigenvalue weighted by Gasteiger charge is 2.25. The molecule has 2 amide bonds. The number of halogens is 1. The number of hydrogen-bond acceptors (Lipinski definition) is 4. The van der Waals surface area contributed by atoms with Crippen molar-refractivity contribution in [2.24, 2.45) is 5.92 Å². The van der Waals surface area contributed by atoms with E-state index in [4.69, 9.17) is 0 Å². The molecule has 1 fully saturated rings. The van der Waals surface area contributed by atoms with Crippen LogP contribution in [0.3, 0.4) is 0 Å². The second kappa shape index (κ2) is 7.74. The number of nitrogens with one attached hydrogen (secondary N) is 1. The third-order valence-corrected chi connectivity index (χ3v) is 5.25. The van der Waals surface area contributed by atoms with Gasteiger partial charge in [0.1, 0.15) is 16.5 Å². The van der Waals surface area contributed by atoms with Crippen LogP contribution in [0.1, 0.15) is 30.3 Å². The number of piperidine rings is 1. The predicted octanol–water partition coefficient (Wildman–Crippen LogP) is 2.94. The summed E-state index contributed by atoms with van der Waals surface area (Å²) in [6, 6.07) is 6.10. The zero-order valence-corrected chi connectivity index (χ0v) is 14.8. The van der Waals surface area contributed by atoms with E-state index in [0.29, 0.717) is 36.3 Å². The largest absolute Gasteiger partial charge is 0.356 e. The lowest BCUT2D eigenvalue weighted by atomic mass is 9.96. The topological polar surface area (TPSA) is 62.3 Å². The Kier molecular flexibility index (Phi) is 5.43. The summed E-state index contributed by atoms with van der Waals surface area (Å²) >= 11 is 1.38. The van der Waals surface area contributed by atoms with Crippen LogP contribution in [0, 0.1) is 11.7 Å². The SMILES string of the molecule is CC(=O)NCC1CCN(C(=O)c2csc(-c3ccc(F)cc3)n2)CC1. The van der Waals surface area contributed by atoms with E-state index in [-0.39, 0.29) is 17.6 Å². The fraction of sp³-hybridized carbons (Fsp3) is 0.389. The van der Waals surface area contributed by atoms with Crippen molar-refractivity contribution in [3.8, 4) is 10.6 Å². The number of carbonyl (C=O) groups excluding carboxylic acids is 2. The summed E-state index contributed by atoms with van der Waals surface area (Å²) in [4.78, 5) is 29.8. The quantitative estimate of drug-likeness (QED) is 0.911. The third-order valence-electron chi connectivity index (χ3n) is 4.36. The lowest BCUT2D eigenvalue weighted by Gasteiger charge is -2.31. The fourth-order valence-corrected chi connectivity index (χ4v) is 3.69. The molecule has 7 heteroatoms. The summed E-state index contributed by atoms with van der Waals surface area (Å²) in [6.07, 6.45) is 1.75. The van der Waals surface area contributed by atoms with E-state index >= 15 is 0 Å². The normalized spacial score (nSPS) is 15.2. The van der Waals surface area contributed by atoms with Gasteiger partial charge in [-0.1, -0.05) is 0 Å². The van der Waals surface area contributed by atoms with Gasteiger partial charge in [0.05, 0.1) is 0 Å². The van der Waals surface area contributed by atoms with E-state index in [1.807, 2.05) is 4.90 Å². The number of amides is 2. The van der Waals surface area contributed by atoms with Crippen LogP contribution < -0.4 is 5.32 Å². The fourth-order valence-electron chi connectivity index (χ4n) is 2.89. The predicted molar refractivity (Wildman–Crippen MR) is 94.8 cm³/mol. The molecule has 1 saturated heterocycles. The van der Waals surface area contributed by atoms with Crippen LogP contribution in [-0.2, 0) is 4.79 Å². The first-order valence-electron chi connectivity index (χ1n) is 8.28. The van der Waals surface area contributed by atoms with Crippen molar-refractivity contribution in [3.63, 3.8) is 0 Å². The van der Waals surface area contributed by atoms with Crippen molar-refractivity contribution in [3.05, 3.63) is 41.2 Å². The van der Waals surface area contributed by atoms with Crippen molar-refractivity contribution < 1.29 is 14.0 Å². The van der Waals surface area contributed by atoms with Gasteiger partial charge in [0, 0.05) is 37.5 Å². The number of nitrogens with zero attached hydrogens (tertiary/aromatic N) is 2. The Morgan fingerprint density at radius 1 is 1.28 bits per heavy atom. The standard InChI is InChI=1S/C18H20FN3O2S/c1-12(23)20-10-13-6-8-22(9-7-13)18(24)16-11-25-17(21-16)14-2-4-15(19)5-3-14/h2-5,11,13H,6-10H2,1H3,(H,20,23). The van der Waals surface area contributed by atoms with Crippen LogP contribution >= 0.6 is 11.3 Å². The number of thiazole rings is 1. The smallest absolute Gasteiger partial charge is 0.273 e. The molecule has 0 atom stereocenters. The van der Waals surface area contributed by atoms with Crippen LogP contribution in [0.5, 0.6) is 0 Å². The molecule has 1 aromatic carbocycles. The van der Waals surface area contributed by atoms with Crippen molar-refractivity contribution in [2.75, 3.05) is 19.6 Å². The second-order valence-electron chi connectivity index (χ2n) is 6.22. The first kappa shape index (κ1) is 17.5. The highest BCUT2D eigenvalue weighted by atomic mass is 32.1. The summed E-state index contributed by atoms with van der Waals surface area (Å²) in [5, 5.41) is 5.30. The zero-order valence-electron chi connectivity index (χ0n) is 14.0. The van der Waals surface area contributed by atoms with Gasteiger partial charge in [-0.15, -0.1) is 11.3 Å². The Hall–Kier alpha value is -2.28. The molecule has 5 nitrogen and oxygen atoms in total. The van der Waals surface area contributed by atoms with Gasteiger partial charge in [-0.2, -0.15) is 0 Å². The minimum atomic E-state index is -0.293. The average molecular weight is 361 g/mol. The number of aromatic nitrogens is 1. The van der Waals surface area contributed by atoms with Gasteiger partial charge in [-0.05, 0) is 43.0 Å². The van der Waals surface area contributed by atoms with Crippen LogP contribution in [-0.4, -0.2) is 41.3 Å². The number of hydrogen-bond donors (Lipinski definition) is 1. The molecule has 0 radical (unpaired) electrons. The summed E-state index contributed by atoms with van der Waals surface area (Å²) < 4.78 is 13.0. The molecule has 25 heavy (non-hydrogen) atoms. The maximum Gasteiger partial charge on any atom is 0.273 e. The van der Waals surface area contributed by atoms with Gasteiger partial charge in [-0.3, -0.25) is 9.59 Å². The highest BCUT2D eigenvalue weighted by Crippen LogP contribution is 2.25. The summed E-state index contributed by atoms with van der Waals surface area (Å²) in [6.45, 7) is 3.53. The minimum Gasteiger partial charge on any atom is -0.356 e. The molecule has 0 bridgehead atoms. The van der Waals surface area contributed by atoms with E-state index in [1.54, 1.807) is 17.5 Å². The molecule has 3 rings (SSSR count). The van der Waals surface area contributed by atoms with Gasteiger partial charge < -0.3 is 10.2 Å². The lowest BCUT2D eigenvalue weighted by Crippen LogP contribution is -2.41. The van der Waals surface area contributed by atoms with Crippen molar-refractivity contribution in [1.29, 1.82) is 0 Å². The molecular formula is C18H20FN3O2S. The number of carbonyl (C=O) groups is 2. The molecule has 0 unspecified atom stereocenters. The molecule has 1 N–H and O–H groups in total. The molecule has 2 heterocycles. The van der Waals surface area contributed by atoms with E-state index in [0.717, 1.165) is 18.4 Å². The second-order valence-corrected chi connectivity index (χ2v) is 7.08. The molecule has 1 aliphatic rings. The van der Waals surface area contributed by atoms with Crippen molar-refractivity contribution in [1.82, 2.24) is 15.2 Å². The Morgan fingerprint density at radius 3 is 2.60 bits per heavy atom. The van der Waals surface area contributed by atoms with Crippen molar-refractivity contribution in [2.45, 2.75) is 19.8 Å². The molecule has 0 aliphatic carbocycles. The third kappa shape index (κ3) is 4.42. The number of rotatable bonds is 4. The molecule has 1 aromatic heterocycles. The first-order chi connectivity index (χ1) is 12.0. The number of benzene rings is 1. The molecule has 0 spiro atoms. The van der Waals surface area contributed by atoms with Crippen molar-refractivity contribution >= 4 is 23.2 Å².